The highest BCUT2D eigenvalue weighted by molar-refractivity contribution is 5.99. The third-order valence-electron chi connectivity index (χ3n) is 6.93. The molecule has 31 heavy (non-hydrogen) atoms. The van der Waals surface area contributed by atoms with Crippen molar-refractivity contribution in [3.05, 3.63) is 70.9 Å². The van der Waals surface area contributed by atoms with Gasteiger partial charge in [-0.25, -0.2) is 0 Å². The van der Waals surface area contributed by atoms with Gasteiger partial charge in [0, 0.05) is 47.8 Å². The van der Waals surface area contributed by atoms with Crippen molar-refractivity contribution in [1.82, 2.24) is 14.8 Å². The van der Waals surface area contributed by atoms with Crippen LogP contribution in [0.2, 0.25) is 0 Å². The topological polar surface area (TPSA) is 37.3 Å². The molecule has 0 radical (unpaired) electrons. The molecule has 1 N–H and O–H groups in total. The summed E-state index contributed by atoms with van der Waals surface area (Å²) in [7, 11) is 0. The monoisotopic (exact) mass is 417 g/mol. The van der Waals surface area contributed by atoms with Crippen molar-refractivity contribution in [2.24, 2.45) is 0 Å². The maximum Gasteiger partial charge on any atom is 0.251 e. The predicted octanol–water partition coefficient (Wildman–Crippen LogP) is 5.30. The zero-order valence-corrected chi connectivity index (χ0v) is 19.2. The summed E-state index contributed by atoms with van der Waals surface area (Å²) in [5, 5.41) is 4.30. The van der Waals surface area contributed by atoms with Gasteiger partial charge in [0.1, 0.15) is 0 Å². The second-order valence-electron chi connectivity index (χ2n) is 9.00. The first kappa shape index (κ1) is 21.6. The molecule has 0 aliphatic carbocycles. The molecular formula is C27H35N3O. The number of carbonyl (C=O) groups excluding carboxylic acids is 1. The number of piperidine rings is 1. The first-order valence-electron chi connectivity index (χ1n) is 11.7. The lowest BCUT2D eigenvalue weighted by Gasteiger charge is -2.33. The summed E-state index contributed by atoms with van der Waals surface area (Å²) in [6.07, 6.45) is 4.96. The van der Waals surface area contributed by atoms with Gasteiger partial charge in [0.2, 0.25) is 0 Å². The van der Waals surface area contributed by atoms with Gasteiger partial charge in [0.05, 0.1) is 0 Å². The van der Waals surface area contributed by atoms with Crippen LogP contribution < -0.4 is 5.32 Å². The van der Waals surface area contributed by atoms with Crippen molar-refractivity contribution >= 4 is 16.8 Å². The maximum atomic E-state index is 12.8. The van der Waals surface area contributed by atoms with Crippen LogP contribution in [0.5, 0.6) is 0 Å². The summed E-state index contributed by atoms with van der Waals surface area (Å²) in [6, 6.07) is 17.3. The van der Waals surface area contributed by atoms with Gasteiger partial charge in [-0.3, -0.25) is 4.79 Å². The van der Waals surface area contributed by atoms with Crippen LogP contribution in [0.15, 0.2) is 48.5 Å². The second kappa shape index (κ2) is 9.69. The Morgan fingerprint density at radius 1 is 1.10 bits per heavy atom. The molecule has 4 heteroatoms. The number of nitrogens with zero attached hydrogens (tertiary/aromatic N) is 2. The van der Waals surface area contributed by atoms with Gasteiger partial charge in [-0.2, -0.15) is 0 Å². The fourth-order valence-corrected chi connectivity index (χ4v) is 4.84. The predicted molar refractivity (Wildman–Crippen MR) is 129 cm³/mol. The quantitative estimate of drug-likeness (QED) is 0.530. The number of hydrogen-bond donors (Lipinski definition) is 1. The third-order valence-corrected chi connectivity index (χ3v) is 6.93. The van der Waals surface area contributed by atoms with Crippen LogP contribution in [0, 0.1) is 13.8 Å². The number of aromatic nitrogens is 1. The zero-order valence-electron chi connectivity index (χ0n) is 19.2. The van der Waals surface area contributed by atoms with Crippen molar-refractivity contribution in [2.75, 3.05) is 19.6 Å². The zero-order chi connectivity index (χ0) is 21.8. The molecule has 2 aromatic carbocycles. The number of amides is 1. The minimum atomic E-state index is 0.0291. The highest BCUT2D eigenvalue weighted by Gasteiger charge is 2.18. The van der Waals surface area contributed by atoms with E-state index in [0.717, 1.165) is 31.6 Å². The van der Waals surface area contributed by atoms with Crippen LogP contribution >= 0.6 is 0 Å². The molecule has 0 spiro atoms. The van der Waals surface area contributed by atoms with Gasteiger partial charge in [0.15, 0.2) is 0 Å². The molecule has 1 fully saturated rings. The number of rotatable bonds is 7. The summed E-state index contributed by atoms with van der Waals surface area (Å²) >= 11 is 0. The summed E-state index contributed by atoms with van der Waals surface area (Å²) in [5.41, 5.74) is 5.73. The lowest BCUT2D eigenvalue weighted by Crippen LogP contribution is -2.39. The van der Waals surface area contributed by atoms with Crippen LogP contribution in [-0.4, -0.2) is 41.1 Å². The molecule has 0 unspecified atom stereocenters. The fourth-order valence-electron chi connectivity index (χ4n) is 4.84. The molecule has 2 heterocycles. The van der Waals surface area contributed by atoms with E-state index in [9.17, 15) is 4.79 Å². The molecule has 0 bridgehead atoms. The van der Waals surface area contributed by atoms with Crippen molar-refractivity contribution in [2.45, 2.75) is 59.0 Å². The largest absolute Gasteiger partial charge is 0.352 e. The molecule has 3 aromatic rings. The smallest absolute Gasteiger partial charge is 0.251 e. The number of hydrogen-bond acceptors (Lipinski definition) is 2. The van der Waals surface area contributed by atoms with Crippen LogP contribution in [-0.2, 0) is 6.54 Å². The van der Waals surface area contributed by atoms with Gasteiger partial charge in [-0.05, 0) is 75.9 Å². The van der Waals surface area contributed by atoms with E-state index in [0.29, 0.717) is 6.04 Å². The Morgan fingerprint density at radius 3 is 2.68 bits per heavy atom. The molecule has 1 amide bonds. The minimum Gasteiger partial charge on any atom is -0.352 e. The van der Waals surface area contributed by atoms with E-state index in [2.05, 4.69) is 72.0 Å². The lowest BCUT2D eigenvalue weighted by atomic mass is 10.0. The number of nitrogens with one attached hydrogen (secondary N) is 1. The number of fused-ring (bicyclic) bond motifs is 1. The van der Waals surface area contributed by atoms with E-state index in [4.69, 9.17) is 0 Å². The van der Waals surface area contributed by atoms with Gasteiger partial charge in [0.25, 0.3) is 5.91 Å². The molecule has 164 valence electrons. The fraction of sp³-hybridized carbons (Fsp3) is 0.444. The summed E-state index contributed by atoms with van der Waals surface area (Å²) in [4.78, 5) is 15.3. The summed E-state index contributed by atoms with van der Waals surface area (Å²) in [5.74, 6) is 0.0291. The summed E-state index contributed by atoms with van der Waals surface area (Å²) in [6.45, 7) is 10.5. The van der Waals surface area contributed by atoms with E-state index in [1.54, 1.807) is 0 Å². The van der Waals surface area contributed by atoms with E-state index >= 15 is 0 Å². The average Bonchev–Trinajstić information content (AvgIpc) is 3.02. The molecule has 1 aromatic heterocycles. The van der Waals surface area contributed by atoms with Crippen LogP contribution in [0.3, 0.4) is 0 Å². The maximum absolute atomic E-state index is 12.8. The average molecular weight is 418 g/mol. The Balaban J connectivity index is 1.41. The van der Waals surface area contributed by atoms with Crippen molar-refractivity contribution in [3.63, 3.8) is 0 Å². The number of likely N-dealkylation sites (tertiary alicyclic amines) is 1. The van der Waals surface area contributed by atoms with Crippen molar-refractivity contribution in [3.8, 4) is 0 Å². The van der Waals surface area contributed by atoms with Gasteiger partial charge in [-0.15, -0.1) is 0 Å². The van der Waals surface area contributed by atoms with Gasteiger partial charge in [-0.1, -0.05) is 36.8 Å². The number of aryl methyl sites for hydroxylation is 1. The second-order valence-corrected chi connectivity index (χ2v) is 9.00. The molecule has 1 aliphatic heterocycles. The Hall–Kier alpha value is -2.59. The van der Waals surface area contributed by atoms with Crippen molar-refractivity contribution < 1.29 is 4.79 Å². The Morgan fingerprint density at radius 2 is 1.90 bits per heavy atom. The Labute approximate surface area is 186 Å². The first-order valence-corrected chi connectivity index (χ1v) is 11.7. The van der Waals surface area contributed by atoms with E-state index in [1.807, 2.05) is 12.1 Å². The highest BCUT2D eigenvalue weighted by Crippen LogP contribution is 2.27. The summed E-state index contributed by atoms with van der Waals surface area (Å²) < 4.78 is 2.35. The van der Waals surface area contributed by atoms with Crippen LogP contribution in [0.1, 0.15) is 59.8 Å². The Bertz CT molecular complexity index is 1040. The number of carbonyl (C=O) groups is 1. The first-order chi connectivity index (χ1) is 15.0. The molecule has 1 aliphatic rings. The minimum absolute atomic E-state index is 0.0291. The molecule has 1 atom stereocenters. The standard InChI is InChI=1S/C27H35N3O/c1-20-10-7-8-16-29(20)17-9-15-28-27(31)24-13-14-26-25(18-24)21(2)22(3)30(26)19-23-11-5-4-6-12-23/h4-6,11-14,18,20H,7-10,15-17,19H2,1-3H3,(H,28,31)/t20-/m0/s1. The van der Waals surface area contributed by atoms with Gasteiger partial charge < -0.3 is 14.8 Å². The SMILES string of the molecule is Cc1c(C)n(Cc2ccccc2)c2ccc(C(=O)NCCCN3CCCC[C@@H]3C)cc12. The third kappa shape index (κ3) is 4.85. The van der Waals surface area contributed by atoms with Crippen LogP contribution in [0.25, 0.3) is 10.9 Å². The van der Waals surface area contributed by atoms with Crippen LogP contribution in [0.4, 0.5) is 0 Å². The van der Waals surface area contributed by atoms with E-state index < -0.39 is 0 Å². The Kier molecular flexibility index (Phi) is 6.77. The van der Waals surface area contributed by atoms with Crippen molar-refractivity contribution in [1.29, 1.82) is 0 Å². The molecule has 1 saturated heterocycles. The van der Waals surface area contributed by atoms with E-state index in [1.165, 1.54) is 53.5 Å². The molecule has 4 nitrogen and oxygen atoms in total. The molecular weight excluding hydrogens is 382 g/mol. The molecule has 0 saturated carbocycles. The molecule has 4 rings (SSSR count). The van der Waals surface area contributed by atoms with Gasteiger partial charge >= 0.3 is 0 Å². The van der Waals surface area contributed by atoms with E-state index in [-0.39, 0.29) is 5.91 Å². The normalized spacial score (nSPS) is 17.2. The lowest BCUT2D eigenvalue weighted by molar-refractivity contribution is 0.0949. The highest BCUT2D eigenvalue weighted by atomic mass is 16.1. The number of benzene rings is 2.